The molecule has 0 saturated heterocycles. The molecule has 0 spiro atoms. The predicted molar refractivity (Wildman–Crippen MR) is 86.3 cm³/mol. The van der Waals surface area contributed by atoms with Gasteiger partial charge < -0.3 is 4.42 Å². The van der Waals surface area contributed by atoms with Crippen molar-refractivity contribution in [3.8, 4) is 11.3 Å². The number of nitrogens with zero attached hydrogens (tertiary/aromatic N) is 2. The van der Waals surface area contributed by atoms with Crippen LogP contribution < -0.4 is 0 Å². The lowest BCUT2D eigenvalue weighted by Crippen LogP contribution is -2.09. The van der Waals surface area contributed by atoms with Crippen molar-refractivity contribution in [2.45, 2.75) is 26.4 Å². The zero-order valence-electron chi connectivity index (χ0n) is 12.9. The van der Waals surface area contributed by atoms with Gasteiger partial charge in [-0.3, -0.25) is 4.98 Å². The van der Waals surface area contributed by atoms with E-state index in [4.69, 9.17) is 27.6 Å². The molecule has 9 heteroatoms. The minimum atomic E-state index is -4.62. The van der Waals surface area contributed by atoms with Crippen LogP contribution in [0.25, 0.3) is 22.4 Å². The molecule has 0 aliphatic heterocycles. The van der Waals surface area contributed by atoms with Crippen molar-refractivity contribution in [2.24, 2.45) is 0 Å². The Bertz CT molecular complexity index is 983. The molecule has 25 heavy (non-hydrogen) atoms. The van der Waals surface area contributed by atoms with E-state index in [1.807, 2.05) is 0 Å². The monoisotopic (exact) mass is 392 g/mol. The highest BCUT2D eigenvalue weighted by molar-refractivity contribution is 6.36. The fourth-order valence-electron chi connectivity index (χ4n) is 2.47. The van der Waals surface area contributed by atoms with Crippen LogP contribution in [-0.4, -0.2) is 9.97 Å². The molecule has 0 unspecified atom stereocenters. The van der Waals surface area contributed by atoms with Crippen molar-refractivity contribution < 1.29 is 22.0 Å². The summed E-state index contributed by atoms with van der Waals surface area (Å²) in [6.45, 7) is 2.97. The lowest BCUT2D eigenvalue weighted by Gasteiger charge is -2.14. The largest absolute Gasteiger partial charge is 0.440 e. The zero-order chi connectivity index (χ0) is 18.5. The van der Waals surface area contributed by atoms with Crippen LogP contribution in [-0.2, 0) is 12.6 Å². The van der Waals surface area contributed by atoms with Crippen molar-refractivity contribution in [3.05, 3.63) is 45.1 Å². The highest BCUT2D eigenvalue weighted by Gasteiger charge is 2.35. The number of hydrogen-bond donors (Lipinski definition) is 0. The van der Waals surface area contributed by atoms with Gasteiger partial charge in [0.1, 0.15) is 11.3 Å². The van der Waals surface area contributed by atoms with Crippen LogP contribution >= 0.6 is 23.2 Å². The molecule has 2 heterocycles. The van der Waals surface area contributed by atoms with E-state index in [-0.39, 0.29) is 38.0 Å². The van der Waals surface area contributed by atoms with Crippen LogP contribution in [0, 0.1) is 12.7 Å². The van der Waals surface area contributed by atoms with Crippen molar-refractivity contribution in [1.82, 2.24) is 9.97 Å². The number of benzene rings is 1. The molecule has 0 fully saturated rings. The van der Waals surface area contributed by atoms with Gasteiger partial charge >= 0.3 is 6.18 Å². The Morgan fingerprint density at radius 2 is 1.92 bits per heavy atom. The Morgan fingerprint density at radius 3 is 2.52 bits per heavy atom. The predicted octanol–water partition coefficient (Wildman–Crippen LogP) is 6.23. The Kier molecular flexibility index (Phi) is 4.41. The SMILES string of the molecule is CCc1nc2c(Cl)cc(F)c(-c3ncc(C(F)(F)F)c(C)c3Cl)c2o1. The van der Waals surface area contributed by atoms with E-state index in [2.05, 4.69) is 9.97 Å². The maximum absolute atomic E-state index is 14.5. The van der Waals surface area contributed by atoms with Gasteiger partial charge in [0.25, 0.3) is 0 Å². The third-order valence-electron chi connectivity index (χ3n) is 3.73. The molecule has 0 atom stereocenters. The van der Waals surface area contributed by atoms with E-state index in [0.717, 1.165) is 6.07 Å². The first-order valence-electron chi connectivity index (χ1n) is 7.15. The Balaban J connectivity index is 2.34. The van der Waals surface area contributed by atoms with E-state index < -0.39 is 17.6 Å². The number of pyridine rings is 1. The molecule has 3 rings (SSSR count). The summed E-state index contributed by atoms with van der Waals surface area (Å²) < 4.78 is 59.0. The molecule has 3 aromatic rings. The Labute approximate surface area is 149 Å². The number of aryl methyl sites for hydroxylation is 1. The fourth-order valence-corrected chi connectivity index (χ4v) is 2.94. The maximum atomic E-state index is 14.5. The highest BCUT2D eigenvalue weighted by atomic mass is 35.5. The molecule has 0 N–H and O–H groups in total. The standard InChI is InChI=1S/C16H10Cl2F4N2O/c1-3-10-24-13-8(17)4-9(19)11(15(13)25-10)14-12(18)6(2)7(5-23-14)16(20,21)22/h4-5H,3H2,1-2H3. The van der Waals surface area contributed by atoms with Crippen LogP contribution in [0.15, 0.2) is 16.7 Å². The second kappa shape index (κ2) is 6.14. The van der Waals surface area contributed by atoms with Crippen molar-refractivity contribution in [3.63, 3.8) is 0 Å². The first-order chi connectivity index (χ1) is 11.6. The van der Waals surface area contributed by atoms with E-state index in [0.29, 0.717) is 18.5 Å². The molecule has 0 aliphatic rings. The molecular formula is C16H10Cl2F4N2O. The van der Waals surface area contributed by atoms with Gasteiger partial charge in [0.15, 0.2) is 11.5 Å². The maximum Gasteiger partial charge on any atom is 0.418 e. The summed E-state index contributed by atoms with van der Waals surface area (Å²) >= 11 is 12.1. The van der Waals surface area contributed by atoms with Crippen LogP contribution in [0.2, 0.25) is 10.0 Å². The summed E-state index contributed by atoms with van der Waals surface area (Å²) in [5.41, 5.74) is -1.38. The van der Waals surface area contributed by atoms with Crippen LogP contribution in [0.3, 0.4) is 0 Å². The van der Waals surface area contributed by atoms with Gasteiger partial charge in [-0.1, -0.05) is 30.1 Å². The lowest BCUT2D eigenvalue weighted by atomic mass is 10.0. The number of halogens is 6. The summed E-state index contributed by atoms with van der Waals surface area (Å²) in [6.07, 6.45) is -3.57. The molecule has 2 aromatic heterocycles. The number of oxazole rings is 1. The average molecular weight is 393 g/mol. The second-order valence-corrected chi connectivity index (χ2v) is 6.10. The highest BCUT2D eigenvalue weighted by Crippen LogP contribution is 2.42. The van der Waals surface area contributed by atoms with Gasteiger partial charge in [0.2, 0.25) is 0 Å². The first kappa shape index (κ1) is 17.9. The minimum Gasteiger partial charge on any atom is -0.440 e. The summed E-state index contributed by atoms with van der Waals surface area (Å²) in [6, 6.07) is 1.01. The van der Waals surface area contributed by atoms with Gasteiger partial charge in [-0.15, -0.1) is 0 Å². The third-order valence-corrected chi connectivity index (χ3v) is 4.48. The van der Waals surface area contributed by atoms with Crippen LogP contribution in [0.1, 0.15) is 23.9 Å². The first-order valence-corrected chi connectivity index (χ1v) is 7.90. The quantitative estimate of drug-likeness (QED) is 0.485. The number of alkyl halides is 3. The van der Waals surface area contributed by atoms with Gasteiger partial charge in [0, 0.05) is 12.6 Å². The summed E-state index contributed by atoms with van der Waals surface area (Å²) in [4.78, 5) is 7.88. The third kappa shape index (κ3) is 2.95. The normalized spacial score (nSPS) is 12.2. The number of aromatic nitrogens is 2. The molecule has 0 aliphatic carbocycles. The molecule has 1 aromatic carbocycles. The Hall–Kier alpha value is -1.86. The lowest BCUT2D eigenvalue weighted by molar-refractivity contribution is -0.138. The second-order valence-electron chi connectivity index (χ2n) is 5.31. The van der Waals surface area contributed by atoms with Gasteiger partial charge in [0.05, 0.1) is 26.9 Å². The van der Waals surface area contributed by atoms with E-state index >= 15 is 0 Å². The summed E-state index contributed by atoms with van der Waals surface area (Å²) in [7, 11) is 0. The van der Waals surface area contributed by atoms with Gasteiger partial charge in [-0.25, -0.2) is 9.37 Å². The number of fused-ring (bicyclic) bond motifs is 1. The van der Waals surface area contributed by atoms with Gasteiger partial charge in [-0.05, 0) is 18.6 Å². The molecule has 132 valence electrons. The van der Waals surface area contributed by atoms with Crippen LogP contribution in [0.5, 0.6) is 0 Å². The molecule has 0 radical (unpaired) electrons. The molecule has 0 amide bonds. The topological polar surface area (TPSA) is 38.9 Å². The number of rotatable bonds is 2. The molecular weight excluding hydrogens is 383 g/mol. The van der Waals surface area contributed by atoms with E-state index in [9.17, 15) is 17.6 Å². The summed E-state index contributed by atoms with van der Waals surface area (Å²) in [5, 5.41) is -0.286. The van der Waals surface area contributed by atoms with Crippen LogP contribution in [0.4, 0.5) is 17.6 Å². The van der Waals surface area contributed by atoms with E-state index in [1.165, 1.54) is 6.92 Å². The van der Waals surface area contributed by atoms with Crippen molar-refractivity contribution in [1.29, 1.82) is 0 Å². The van der Waals surface area contributed by atoms with Crippen molar-refractivity contribution >= 4 is 34.3 Å². The minimum absolute atomic E-state index is 0.00425. The molecule has 3 nitrogen and oxygen atoms in total. The Morgan fingerprint density at radius 1 is 1.24 bits per heavy atom. The average Bonchev–Trinajstić information content (AvgIpc) is 2.94. The molecule has 0 saturated carbocycles. The smallest absolute Gasteiger partial charge is 0.418 e. The summed E-state index contributed by atoms with van der Waals surface area (Å²) in [5.74, 6) is -0.506. The van der Waals surface area contributed by atoms with E-state index in [1.54, 1.807) is 6.92 Å². The number of hydrogen-bond acceptors (Lipinski definition) is 3. The molecule has 0 bridgehead atoms. The zero-order valence-corrected chi connectivity index (χ0v) is 14.4. The van der Waals surface area contributed by atoms with Gasteiger partial charge in [-0.2, -0.15) is 13.2 Å². The fraction of sp³-hybridized carbons (Fsp3) is 0.250. The van der Waals surface area contributed by atoms with Crippen molar-refractivity contribution in [2.75, 3.05) is 0 Å².